The summed E-state index contributed by atoms with van der Waals surface area (Å²) in [6.45, 7) is 8.90. The van der Waals surface area contributed by atoms with Gasteiger partial charge in [0.1, 0.15) is 11.9 Å². The first kappa shape index (κ1) is 14.8. The summed E-state index contributed by atoms with van der Waals surface area (Å²) in [5.41, 5.74) is 0.542. The van der Waals surface area contributed by atoms with Gasteiger partial charge in [-0.05, 0) is 26.0 Å². The molecule has 0 spiro atoms. The number of anilines is 1. The third kappa shape index (κ3) is 3.92. The van der Waals surface area contributed by atoms with E-state index in [4.69, 9.17) is 10.00 Å². The molecule has 5 nitrogen and oxygen atoms in total. The van der Waals surface area contributed by atoms with Crippen LogP contribution < -0.4 is 4.90 Å². The third-order valence-electron chi connectivity index (χ3n) is 3.52. The number of rotatable bonds is 4. The fraction of sp³-hybridized carbons (Fsp3) is 0.600. The van der Waals surface area contributed by atoms with Crippen LogP contribution in [-0.2, 0) is 4.74 Å². The summed E-state index contributed by atoms with van der Waals surface area (Å²) < 4.78 is 5.71. The number of hydrogen-bond donors (Lipinski definition) is 0. The standard InChI is InChI=1S/C15H22N4O/c1-15(2)12-19(8-9-20-15)7-6-18(3)14-5-4-13(10-16)11-17-14/h4-5,11H,6-9,12H2,1-3H3. The molecule has 5 heteroatoms. The summed E-state index contributed by atoms with van der Waals surface area (Å²) in [6.07, 6.45) is 1.61. The molecule has 0 N–H and O–H groups in total. The lowest BCUT2D eigenvalue weighted by atomic mass is 10.1. The van der Waals surface area contributed by atoms with E-state index in [1.165, 1.54) is 0 Å². The van der Waals surface area contributed by atoms with E-state index in [-0.39, 0.29) is 5.60 Å². The van der Waals surface area contributed by atoms with E-state index in [2.05, 4.69) is 34.7 Å². The number of nitriles is 1. The SMILES string of the molecule is CN(CCN1CCOC(C)(C)C1)c1ccc(C#N)cn1. The highest BCUT2D eigenvalue weighted by Crippen LogP contribution is 2.16. The Balaban J connectivity index is 1.85. The van der Waals surface area contributed by atoms with Crippen LogP contribution in [0.5, 0.6) is 0 Å². The Morgan fingerprint density at radius 3 is 2.90 bits per heavy atom. The van der Waals surface area contributed by atoms with Crippen LogP contribution >= 0.6 is 0 Å². The maximum atomic E-state index is 8.77. The number of hydrogen-bond acceptors (Lipinski definition) is 5. The van der Waals surface area contributed by atoms with Crippen LogP contribution in [0, 0.1) is 11.3 Å². The van der Waals surface area contributed by atoms with Crippen LogP contribution in [0.1, 0.15) is 19.4 Å². The quantitative estimate of drug-likeness (QED) is 0.833. The molecule has 0 bridgehead atoms. The summed E-state index contributed by atoms with van der Waals surface area (Å²) in [5, 5.41) is 8.77. The van der Waals surface area contributed by atoms with Crippen molar-refractivity contribution in [1.29, 1.82) is 5.26 Å². The van der Waals surface area contributed by atoms with E-state index in [1.807, 2.05) is 13.1 Å². The van der Waals surface area contributed by atoms with Crippen molar-refractivity contribution in [3.8, 4) is 6.07 Å². The molecule has 0 amide bonds. The highest BCUT2D eigenvalue weighted by Gasteiger charge is 2.26. The van der Waals surface area contributed by atoms with Crippen molar-refractivity contribution in [2.45, 2.75) is 19.4 Å². The van der Waals surface area contributed by atoms with Crippen LogP contribution in [0.15, 0.2) is 18.3 Å². The molecule has 1 saturated heterocycles. The smallest absolute Gasteiger partial charge is 0.128 e. The molecule has 0 saturated carbocycles. The predicted molar refractivity (Wildman–Crippen MR) is 78.7 cm³/mol. The Bertz CT molecular complexity index is 478. The highest BCUT2D eigenvalue weighted by molar-refractivity contribution is 5.40. The first-order chi connectivity index (χ1) is 9.50. The van der Waals surface area contributed by atoms with Gasteiger partial charge in [0.15, 0.2) is 0 Å². The largest absolute Gasteiger partial charge is 0.373 e. The molecule has 20 heavy (non-hydrogen) atoms. The zero-order valence-corrected chi connectivity index (χ0v) is 12.5. The van der Waals surface area contributed by atoms with E-state index in [0.29, 0.717) is 5.56 Å². The van der Waals surface area contributed by atoms with Gasteiger partial charge in [-0.2, -0.15) is 5.26 Å². The van der Waals surface area contributed by atoms with Gasteiger partial charge in [0.25, 0.3) is 0 Å². The molecule has 1 aliphatic heterocycles. The normalized spacial score (nSPS) is 18.5. The van der Waals surface area contributed by atoms with Gasteiger partial charge in [-0.1, -0.05) is 0 Å². The van der Waals surface area contributed by atoms with Crippen molar-refractivity contribution in [3.63, 3.8) is 0 Å². The molecule has 0 aromatic carbocycles. The zero-order valence-electron chi connectivity index (χ0n) is 12.5. The van der Waals surface area contributed by atoms with Gasteiger partial charge in [-0.25, -0.2) is 4.98 Å². The number of ether oxygens (including phenoxy) is 1. The Hall–Kier alpha value is -1.64. The van der Waals surface area contributed by atoms with Crippen molar-refractivity contribution in [2.24, 2.45) is 0 Å². The van der Waals surface area contributed by atoms with Gasteiger partial charge in [-0.15, -0.1) is 0 Å². The summed E-state index contributed by atoms with van der Waals surface area (Å²) >= 11 is 0. The van der Waals surface area contributed by atoms with Crippen molar-refractivity contribution in [1.82, 2.24) is 9.88 Å². The number of aromatic nitrogens is 1. The molecule has 2 heterocycles. The molecular formula is C15H22N4O. The van der Waals surface area contributed by atoms with E-state index in [9.17, 15) is 0 Å². The average Bonchev–Trinajstić information content (AvgIpc) is 2.44. The monoisotopic (exact) mass is 274 g/mol. The van der Waals surface area contributed by atoms with Crippen LogP contribution in [0.3, 0.4) is 0 Å². The van der Waals surface area contributed by atoms with Gasteiger partial charge < -0.3 is 9.64 Å². The minimum Gasteiger partial charge on any atom is -0.373 e. The topological polar surface area (TPSA) is 52.4 Å². The second-order valence-corrected chi connectivity index (χ2v) is 5.82. The molecule has 108 valence electrons. The van der Waals surface area contributed by atoms with Crippen molar-refractivity contribution >= 4 is 5.82 Å². The first-order valence-electron chi connectivity index (χ1n) is 6.94. The van der Waals surface area contributed by atoms with Gasteiger partial charge in [0, 0.05) is 39.4 Å². The van der Waals surface area contributed by atoms with E-state index < -0.39 is 0 Å². The summed E-state index contributed by atoms with van der Waals surface area (Å²) in [4.78, 5) is 8.84. The maximum absolute atomic E-state index is 8.77. The lowest BCUT2D eigenvalue weighted by Crippen LogP contribution is -2.50. The fourth-order valence-electron chi connectivity index (χ4n) is 2.39. The Morgan fingerprint density at radius 2 is 2.30 bits per heavy atom. The van der Waals surface area contributed by atoms with Gasteiger partial charge in [0.2, 0.25) is 0 Å². The minimum absolute atomic E-state index is 0.0521. The summed E-state index contributed by atoms with van der Waals surface area (Å²) in [5.74, 6) is 0.900. The molecule has 1 aromatic heterocycles. The summed E-state index contributed by atoms with van der Waals surface area (Å²) in [7, 11) is 2.03. The Labute approximate surface area is 120 Å². The second kappa shape index (κ2) is 6.21. The van der Waals surface area contributed by atoms with Crippen molar-refractivity contribution < 1.29 is 4.74 Å². The van der Waals surface area contributed by atoms with E-state index in [1.54, 1.807) is 12.3 Å². The van der Waals surface area contributed by atoms with E-state index in [0.717, 1.165) is 38.6 Å². The molecular weight excluding hydrogens is 252 g/mol. The Kier molecular flexibility index (Phi) is 4.58. The molecule has 0 unspecified atom stereocenters. The predicted octanol–water partition coefficient (Wildman–Crippen LogP) is 1.50. The van der Waals surface area contributed by atoms with Crippen LogP contribution in [-0.4, -0.2) is 55.3 Å². The number of nitrogens with zero attached hydrogens (tertiary/aromatic N) is 4. The molecule has 1 fully saturated rings. The molecule has 1 aromatic rings. The van der Waals surface area contributed by atoms with Crippen LogP contribution in [0.25, 0.3) is 0 Å². The minimum atomic E-state index is -0.0521. The van der Waals surface area contributed by atoms with Crippen LogP contribution in [0.4, 0.5) is 5.82 Å². The lowest BCUT2D eigenvalue weighted by molar-refractivity contribution is -0.0850. The fourth-order valence-corrected chi connectivity index (χ4v) is 2.39. The average molecular weight is 274 g/mol. The third-order valence-corrected chi connectivity index (χ3v) is 3.52. The number of likely N-dealkylation sites (N-methyl/N-ethyl adjacent to an activating group) is 1. The zero-order chi connectivity index (χ0) is 14.6. The molecule has 0 atom stereocenters. The number of pyridine rings is 1. The Morgan fingerprint density at radius 1 is 1.50 bits per heavy atom. The van der Waals surface area contributed by atoms with Crippen molar-refractivity contribution in [2.75, 3.05) is 44.7 Å². The summed E-state index contributed by atoms with van der Waals surface area (Å²) in [6, 6.07) is 5.78. The molecule has 2 rings (SSSR count). The molecule has 0 radical (unpaired) electrons. The lowest BCUT2D eigenvalue weighted by Gasteiger charge is -2.38. The first-order valence-corrected chi connectivity index (χ1v) is 6.94. The maximum Gasteiger partial charge on any atom is 0.128 e. The second-order valence-electron chi connectivity index (χ2n) is 5.82. The van der Waals surface area contributed by atoms with Crippen LogP contribution in [0.2, 0.25) is 0 Å². The number of morpholine rings is 1. The highest BCUT2D eigenvalue weighted by atomic mass is 16.5. The van der Waals surface area contributed by atoms with Gasteiger partial charge in [-0.3, -0.25) is 4.90 Å². The van der Waals surface area contributed by atoms with Crippen molar-refractivity contribution in [3.05, 3.63) is 23.9 Å². The van der Waals surface area contributed by atoms with E-state index >= 15 is 0 Å². The van der Waals surface area contributed by atoms with Gasteiger partial charge in [0.05, 0.1) is 17.8 Å². The molecule has 1 aliphatic rings. The molecule has 0 aliphatic carbocycles. The van der Waals surface area contributed by atoms with Gasteiger partial charge >= 0.3 is 0 Å².